The molecular formula is C23H23FN2O4S. The zero-order chi connectivity index (χ0) is 22.2. The molecule has 1 aliphatic heterocycles. The summed E-state index contributed by atoms with van der Waals surface area (Å²) in [6.07, 6.45) is 0.358. The molecule has 1 atom stereocenters. The van der Waals surface area contributed by atoms with E-state index in [1.807, 2.05) is 32.0 Å². The number of benzene rings is 2. The van der Waals surface area contributed by atoms with Gasteiger partial charge in [-0.25, -0.2) is 12.8 Å². The van der Waals surface area contributed by atoms with Gasteiger partial charge in [0.1, 0.15) is 5.82 Å². The van der Waals surface area contributed by atoms with Crippen LogP contribution in [0.2, 0.25) is 0 Å². The maximum Gasteiger partial charge on any atom is 0.276 e. The van der Waals surface area contributed by atoms with Gasteiger partial charge in [-0.3, -0.25) is 4.79 Å². The van der Waals surface area contributed by atoms with Crippen LogP contribution in [0, 0.1) is 19.7 Å². The van der Waals surface area contributed by atoms with Crippen LogP contribution in [-0.2, 0) is 16.4 Å². The number of sulfone groups is 1. The lowest BCUT2D eigenvalue weighted by Gasteiger charge is -2.27. The third-order valence-electron chi connectivity index (χ3n) is 5.70. The molecule has 8 heteroatoms. The Balaban J connectivity index is 1.63. The molecule has 0 spiro atoms. The number of aryl methyl sites for hydroxylation is 2. The minimum absolute atomic E-state index is 0.0393. The van der Waals surface area contributed by atoms with Crippen molar-refractivity contribution in [2.75, 3.05) is 11.5 Å². The van der Waals surface area contributed by atoms with Crippen LogP contribution in [0.5, 0.6) is 0 Å². The number of hydrogen-bond donors (Lipinski definition) is 0. The van der Waals surface area contributed by atoms with Crippen LogP contribution < -0.4 is 0 Å². The molecule has 0 radical (unpaired) electrons. The number of aromatic nitrogens is 1. The minimum atomic E-state index is -3.20. The number of carbonyl (C=O) groups excluding carboxylic acids is 1. The Bertz CT molecular complexity index is 1220. The molecule has 0 saturated carbocycles. The van der Waals surface area contributed by atoms with Gasteiger partial charge in [-0.15, -0.1) is 0 Å². The molecule has 0 bridgehead atoms. The first-order valence-corrected chi connectivity index (χ1v) is 11.8. The second kappa shape index (κ2) is 8.26. The first-order chi connectivity index (χ1) is 14.7. The van der Waals surface area contributed by atoms with Crippen molar-refractivity contribution in [3.63, 3.8) is 0 Å². The van der Waals surface area contributed by atoms with E-state index in [0.29, 0.717) is 17.7 Å². The number of amides is 1. The Morgan fingerprint density at radius 3 is 2.52 bits per heavy atom. The molecule has 31 heavy (non-hydrogen) atoms. The Labute approximate surface area is 180 Å². The number of halogens is 1. The normalized spacial score (nSPS) is 17.6. The fraction of sp³-hybridized carbons (Fsp3) is 0.304. The molecule has 3 aromatic rings. The SMILES string of the molecule is Cc1ccc(-c2cc(C(=O)N(Cc3ccc(F)cc3)[C@H]3CCS(=O)(=O)C3)no2)cc1C. The lowest BCUT2D eigenvalue weighted by Crippen LogP contribution is -2.40. The summed E-state index contributed by atoms with van der Waals surface area (Å²) in [6, 6.07) is 12.7. The summed E-state index contributed by atoms with van der Waals surface area (Å²) in [4.78, 5) is 14.8. The lowest BCUT2D eigenvalue weighted by molar-refractivity contribution is 0.0670. The highest BCUT2D eigenvalue weighted by molar-refractivity contribution is 7.91. The largest absolute Gasteiger partial charge is 0.355 e. The highest BCUT2D eigenvalue weighted by atomic mass is 32.2. The third kappa shape index (κ3) is 4.69. The van der Waals surface area contributed by atoms with Crippen molar-refractivity contribution < 1.29 is 22.1 Å². The van der Waals surface area contributed by atoms with E-state index in [0.717, 1.165) is 16.7 Å². The van der Waals surface area contributed by atoms with Crippen molar-refractivity contribution >= 4 is 15.7 Å². The first-order valence-electron chi connectivity index (χ1n) is 10.0. The summed E-state index contributed by atoms with van der Waals surface area (Å²) in [5, 5.41) is 3.95. The molecule has 1 saturated heterocycles. The van der Waals surface area contributed by atoms with Gasteiger partial charge in [-0.1, -0.05) is 29.4 Å². The van der Waals surface area contributed by atoms with E-state index in [9.17, 15) is 17.6 Å². The Morgan fingerprint density at radius 2 is 1.87 bits per heavy atom. The number of hydrogen-bond acceptors (Lipinski definition) is 5. The van der Waals surface area contributed by atoms with Crippen molar-refractivity contribution in [2.45, 2.75) is 32.9 Å². The molecular weight excluding hydrogens is 419 g/mol. The van der Waals surface area contributed by atoms with Crippen molar-refractivity contribution in [1.82, 2.24) is 10.1 Å². The second-order valence-corrected chi connectivity index (χ2v) is 10.2. The molecule has 1 amide bonds. The Hall–Kier alpha value is -3.00. The van der Waals surface area contributed by atoms with Gasteiger partial charge < -0.3 is 9.42 Å². The van der Waals surface area contributed by atoms with Gasteiger partial charge in [0.25, 0.3) is 5.91 Å². The zero-order valence-electron chi connectivity index (χ0n) is 17.3. The number of nitrogens with zero attached hydrogens (tertiary/aromatic N) is 2. The molecule has 0 aliphatic carbocycles. The van der Waals surface area contributed by atoms with Crippen LogP contribution in [0.25, 0.3) is 11.3 Å². The van der Waals surface area contributed by atoms with Crippen LogP contribution >= 0.6 is 0 Å². The van der Waals surface area contributed by atoms with Gasteiger partial charge in [0, 0.05) is 24.2 Å². The van der Waals surface area contributed by atoms with Gasteiger partial charge in [0.05, 0.1) is 11.5 Å². The van der Waals surface area contributed by atoms with E-state index >= 15 is 0 Å². The first kappa shape index (κ1) is 21.2. The summed E-state index contributed by atoms with van der Waals surface area (Å²) < 4.78 is 42.8. The molecule has 0 N–H and O–H groups in total. The zero-order valence-corrected chi connectivity index (χ0v) is 18.2. The van der Waals surface area contributed by atoms with Crippen LogP contribution in [0.3, 0.4) is 0 Å². The molecule has 0 unspecified atom stereocenters. The third-order valence-corrected chi connectivity index (χ3v) is 7.45. The van der Waals surface area contributed by atoms with Gasteiger partial charge in [-0.05, 0) is 55.2 Å². The second-order valence-electron chi connectivity index (χ2n) is 7.99. The van der Waals surface area contributed by atoms with Gasteiger partial charge in [0.2, 0.25) is 0 Å². The summed E-state index contributed by atoms with van der Waals surface area (Å²) in [5.41, 5.74) is 3.86. The van der Waals surface area contributed by atoms with Gasteiger partial charge in [0.15, 0.2) is 21.3 Å². The fourth-order valence-electron chi connectivity index (χ4n) is 3.73. The van der Waals surface area contributed by atoms with E-state index in [-0.39, 0.29) is 29.6 Å². The van der Waals surface area contributed by atoms with E-state index in [1.165, 1.54) is 17.0 Å². The number of carbonyl (C=O) groups is 1. The van der Waals surface area contributed by atoms with Crippen molar-refractivity contribution in [2.24, 2.45) is 0 Å². The predicted octanol–water partition coefficient (Wildman–Crippen LogP) is 3.93. The fourth-order valence-corrected chi connectivity index (χ4v) is 5.46. The number of rotatable bonds is 5. The highest BCUT2D eigenvalue weighted by Crippen LogP contribution is 2.26. The van der Waals surface area contributed by atoms with E-state index in [1.54, 1.807) is 18.2 Å². The summed E-state index contributed by atoms with van der Waals surface area (Å²) in [6.45, 7) is 4.16. The standard InChI is InChI=1S/C23H23FN2O4S/c1-15-3-6-18(11-16(15)2)22-12-21(25-30-22)23(27)26(20-9-10-31(28,29)14-20)13-17-4-7-19(24)8-5-17/h3-8,11-12,20H,9-10,13-14H2,1-2H3/t20-/m0/s1. The van der Waals surface area contributed by atoms with Crippen molar-refractivity contribution in [3.8, 4) is 11.3 Å². The average molecular weight is 443 g/mol. The molecule has 162 valence electrons. The van der Waals surface area contributed by atoms with Crippen LogP contribution in [0.1, 0.15) is 33.6 Å². The van der Waals surface area contributed by atoms with Crippen LogP contribution in [-0.4, -0.2) is 41.9 Å². The lowest BCUT2D eigenvalue weighted by atomic mass is 10.0. The molecule has 2 heterocycles. The van der Waals surface area contributed by atoms with Crippen LogP contribution in [0.4, 0.5) is 4.39 Å². The molecule has 1 fully saturated rings. The van der Waals surface area contributed by atoms with Gasteiger partial charge in [-0.2, -0.15) is 0 Å². The average Bonchev–Trinajstić information content (AvgIpc) is 3.36. The summed E-state index contributed by atoms with van der Waals surface area (Å²) in [7, 11) is -3.20. The smallest absolute Gasteiger partial charge is 0.276 e. The molecule has 1 aliphatic rings. The van der Waals surface area contributed by atoms with Crippen molar-refractivity contribution in [3.05, 3.63) is 76.7 Å². The summed E-state index contributed by atoms with van der Waals surface area (Å²) in [5.74, 6) is -0.378. The maximum absolute atomic E-state index is 13.3. The monoisotopic (exact) mass is 442 g/mol. The topological polar surface area (TPSA) is 80.5 Å². The quantitative estimate of drug-likeness (QED) is 0.598. The highest BCUT2D eigenvalue weighted by Gasteiger charge is 2.36. The minimum Gasteiger partial charge on any atom is -0.355 e. The van der Waals surface area contributed by atoms with Crippen molar-refractivity contribution in [1.29, 1.82) is 0 Å². The van der Waals surface area contributed by atoms with Gasteiger partial charge >= 0.3 is 0 Å². The molecule has 4 rings (SSSR count). The molecule has 6 nitrogen and oxygen atoms in total. The van der Waals surface area contributed by atoms with Crippen LogP contribution in [0.15, 0.2) is 53.1 Å². The Kier molecular flexibility index (Phi) is 5.66. The Morgan fingerprint density at radius 1 is 1.13 bits per heavy atom. The summed E-state index contributed by atoms with van der Waals surface area (Å²) >= 11 is 0. The predicted molar refractivity (Wildman–Crippen MR) is 115 cm³/mol. The van der Waals surface area contributed by atoms with E-state index < -0.39 is 21.8 Å². The van der Waals surface area contributed by atoms with E-state index in [2.05, 4.69) is 5.16 Å². The van der Waals surface area contributed by atoms with E-state index in [4.69, 9.17) is 4.52 Å². The molecule has 1 aromatic heterocycles. The maximum atomic E-state index is 13.3. The molecule has 2 aromatic carbocycles.